The topological polar surface area (TPSA) is 47.4 Å². The van der Waals surface area contributed by atoms with E-state index in [1.807, 2.05) is 18.5 Å². The summed E-state index contributed by atoms with van der Waals surface area (Å²) < 4.78 is 10.8. The van der Waals surface area contributed by atoms with Crippen LogP contribution in [0.25, 0.3) is 44.7 Å². The van der Waals surface area contributed by atoms with Crippen molar-refractivity contribution in [3.05, 3.63) is 202 Å². The average molecular weight is 655 g/mol. The molecule has 3 heterocycles. The van der Waals surface area contributed by atoms with Crippen LogP contribution in [0.2, 0.25) is 0 Å². The third-order valence-corrected chi connectivity index (χ3v) is 11.2. The molecular weight excluding hydrogens is 623 g/mol. The fourth-order valence-corrected chi connectivity index (χ4v) is 8.85. The van der Waals surface area contributed by atoms with Gasteiger partial charge in [-0.1, -0.05) is 133 Å². The summed E-state index contributed by atoms with van der Waals surface area (Å²) in [6.45, 7) is 0. The predicted octanol–water partition coefficient (Wildman–Crippen LogP) is 8.78. The predicted molar refractivity (Wildman–Crippen MR) is 207 cm³/mol. The van der Waals surface area contributed by atoms with Gasteiger partial charge in [-0.2, -0.15) is 0 Å². The number of fused-ring (bicyclic) bond motifs is 11. The summed E-state index contributed by atoms with van der Waals surface area (Å²) >= 11 is 0. The molecule has 0 radical (unpaired) electrons. The van der Waals surface area contributed by atoms with Crippen LogP contribution in [0.15, 0.2) is 163 Å². The molecule has 1 fully saturated rings. The molecule has 2 aliphatic carbocycles. The van der Waals surface area contributed by atoms with E-state index in [9.17, 15) is 0 Å². The highest BCUT2D eigenvalue weighted by Gasteiger charge is 2.51. The van der Waals surface area contributed by atoms with Crippen molar-refractivity contribution in [3.8, 4) is 33.4 Å². The molecule has 0 bridgehead atoms. The Bertz CT molecular complexity index is 2540. The summed E-state index contributed by atoms with van der Waals surface area (Å²) in [4.78, 5) is 0. The molecule has 0 saturated carbocycles. The van der Waals surface area contributed by atoms with Gasteiger partial charge in [0, 0.05) is 17.3 Å². The lowest BCUT2D eigenvalue weighted by molar-refractivity contribution is 0.0353. The maximum Gasteiger partial charge on any atom is 0.300 e. The van der Waals surface area contributed by atoms with Crippen molar-refractivity contribution in [3.63, 3.8) is 0 Å². The van der Waals surface area contributed by atoms with Crippen LogP contribution in [0, 0.1) is 0 Å². The normalized spacial score (nSPS) is 19.3. The second kappa shape index (κ2) is 10.8. The number of allylic oxidation sites excluding steroid dienone is 4. The Labute approximate surface area is 296 Å². The van der Waals surface area contributed by atoms with Crippen LogP contribution in [0.1, 0.15) is 45.2 Å². The third kappa shape index (κ3) is 4.09. The van der Waals surface area contributed by atoms with E-state index in [1.54, 1.807) is 0 Å². The Balaban J connectivity index is 0.884. The standard InChI is InChI=1S/C47H31N3O/c1-4-10-39-35(7-1)36-8-2-5-11-40(36)47(39)41-12-6-3-9-37(41)38-22-21-33(27-42(38)47)43-23-24-44-46(49-43)51-45(50-44)32-19-17-30(18-20-32)29-13-15-31(16-14-29)34-25-26-48-28-34/h1-28,45-46,48H/p+1. The molecule has 51 heavy (non-hydrogen) atoms. The third-order valence-electron chi connectivity index (χ3n) is 11.2. The van der Waals surface area contributed by atoms with Gasteiger partial charge in [0.25, 0.3) is 12.4 Å². The molecule has 4 heteroatoms. The molecular formula is C47H32N3O+. The zero-order valence-corrected chi connectivity index (χ0v) is 27.7. The van der Waals surface area contributed by atoms with E-state index in [0.717, 1.165) is 28.1 Å². The molecule has 6 aromatic rings. The fraction of sp³-hybridized carbons (Fsp3) is 0.0638. The molecule has 5 aliphatic rings. The minimum absolute atomic E-state index is 0.243. The maximum absolute atomic E-state index is 6.60. The quantitative estimate of drug-likeness (QED) is 0.187. The summed E-state index contributed by atoms with van der Waals surface area (Å²) in [6, 6.07) is 51.1. The Kier molecular flexibility index (Phi) is 6.00. The number of nitrogens with one attached hydrogen (secondary N) is 2. The van der Waals surface area contributed by atoms with Gasteiger partial charge >= 0.3 is 0 Å². The van der Waals surface area contributed by atoms with E-state index in [2.05, 4.69) is 167 Å². The molecule has 11 rings (SSSR count). The Morgan fingerprint density at radius 2 is 1.06 bits per heavy atom. The average Bonchev–Trinajstić information content (AvgIpc) is 4.00. The van der Waals surface area contributed by atoms with Crippen molar-refractivity contribution >= 4 is 23.7 Å². The van der Waals surface area contributed by atoms with Crippen molar-refractivity contribution in [2.24, 2.45) is 0 Å². The molecule has 0 amide bonds. The molecule has 4 nitrogen and oxygen atoms in total. The summed E-state index contributed by atoms with van der Waals surface area (Å²) in [6.07, 6.45) is 9.59. The second-order valence-corrected chi connectivity index (χ2v) is 13.8. The number of rotatable bonds is 4. The first kappa shape index (κ1) is 28.4. The van der Waals surface area contributed by atoms with E-state index in [0.29, 0.717) is 0 Å². The molecule has 2 unspecified atom stereocenters. The van der Waals surface area contributed by atoms with E-state index < -0.39 is 0 Å². The molecule has 1 spiro atoms. The first-order valence-corrected chi connectivity index (χ1v) is 17.6. The van der Waals surface area contributed by atoms with Crippen LogP contribution in [0.5, 0.6) is 0 Å². The van der Waals surface area contributed by atoms with Gasteiger partial charge in [-0.25, -0.2) is 0 Å². The first-order valence-electron chi connectivity index (χ1n) is 17.6. The van der Waals surface area contributed by atoms with Crippen LogP contribution in [0.3, 0.4) is 0 Å². The summed E-state index contributed by atoms with van der Waals surface area (Å²) in [7, 11) is 0. The van der Waals surface area contributed by atoms with E-state index in [-0.39, 0.29) is 17.9 Å². The minimum Gasteiger partial charge on any atom is -0.356 e. The van der Waals surface area contributed by atoms with Crippen LogP contribution in [-0.2, 0) is 10.2 Å². The molecule has 2 atom stereocenters. The van der Waals surface area contributed by atoms with Gasteiger partial charge in [-0.05, 0) is 85.0 Å². The van der Waals surface area contributed by atoms with E-state index in [1.165, 1.54) is 61.2 Å². The highest BCUT2D eigenvalue weighted by Crippen LogP contribution is 2.62. The lowest BCUT2D eigenvalue weighted by Gasteiger charge is -2.31. The first-order chi connectivity index (χ1) is 25.3. The molecule has 1 saturated heterocycles. The monoisotopic (exact) mass is 654 g/mol. The number of ether oxygens (including phenoxy) is 1. The summed E-state index contributed by atoms with van der Waals surface area (Å²) in [5.74, 6) is 0. The van der Waals surface area contributed by atoms with E-state index in [4.69, 9.17) is 4.74 Å². The van der Waals surface area contributed by atoms with Crippen LogP contribution < -0.4 is 15.3 Å². The van der Waals surface area contributed by atoms with Gasteiger partial charge in [0.1, 0.15) is 0 Å². The fourth-order valence-electron chi connectivity index (χ4n) is 8.85. The number of hydrogen-bond donors (Lipinski definition) is 2. The number of dihydropyridines is 1. The van der Waals surface area contributed by atoms with Crippen molar-refractivity contribution in [1.82, 2.24) is 15.3 Å². The lowest BCUT2D eigenvalue weighted by atomic mass is 9.70. The smallest absolute Gasteiger partial charge is 0.300 e. The van der Waals surface area contributed by atoms with Crippen LogP contribution >= 0.6 is 0 Å². The lowest BCUT2D eigenvalue weighted by Crippen LogP contribution is -2.31. The summed E-state index contributed by atoms with van der Waals surface area (Å²) in [5.41, 5.74) is 19.3. The maximum atomic E-state index is 6.60. The van der Waals surface area contributed by atoms with Crippen LogP contribution in [-0.4, -0.2) is 18.7 Å². The highest BCUT2D eigenvalue weighted by atomic mass is 16.5. The van der Waals surface area contributed by atoms with Crippen molar-refractivity contribution in [2.45, 2.75) is 17.9 Å². The second-order valence-electron chi connectivity index (χ2n) is 13.8. The molecule has 3 aliphatic heterocycles. The van der Waals surface area contributed by atoms with Crippen molar-refractivity contribution < 1.29 is 4.74 Å². The minimum atomic E-state index is -0.364. The molecule has 0 aromatic heterocycles. The molecule has 2 N–H and O–H groups in total. The zero-order valence-electron chi connectivity index (χ0n) is 27.7. The molecule has 240 valence electrons. The zero-order chi connectivity index (χ0) is 33.5. The number of hydrogen-bond acceptors (Lipinski definition) is 3. The highest BCUT2D eigenvalue weighted by molar-refractivity contribution is 6.17. The van der Waals surface area contributed by atoms with Gasteiger partial charge in [0.2, 0.25) is 0 Å². The Morgan fingerprint density at radius 1 is 0.490 bits per heavy atom. The Morgan fingerprint density at radius 3 is 1.69 bits per heavy atom. The van der Waals surface area contributed by atoms with Gasteiger partial charge in [0.05, 0.1) is 16.7 Å². The van der Waals surface area contributed by atoms with E-state index >= 15 is 0 Å². The van der Waals surface area contributed by atoms with Gasteiger partial charge < -0.3 is 15.4 Å². The van der Waals surface area contributed by atoms with Crippen molar-refractivity contribution in [2.75, 3.05) is 0 Å². The Hall–Kier alpha value is -6.45. The molecule has 6 aromatic carbocycles. The van der Waals surface area contributed by atoms with Crippen molar-refractivity contribution in [1.29, 1.82) is 0 Å². The van der Waals surface area contributed by atoms with Gasteiger partial charge in [-0.15, -0.1) is 4.67 Å². The van der Waals surface area contributed by atoms with Gasteiger partial charge in [0.15, 0.2) is 12.5 Å². The van der Waals surface area contributed by atoms with Gasteiger partial charge in [-0.3, -0.25) is 0 Å². The number of benzene rings is 6. The number of nitrogens with zero attached hydrogens (tertiary/aromatic N) is 1. The summed E-state index contributed by atoms with van der Waals surface area (Å²) in [5, 5.41) is 7.32. The SMILES string of the molecule is C1=[N+]=CC(c2ccc(-c3ccc(C4NC5=CC=C(c6ccc7c(c6)C6(c8ccccc8-c8ccccc86)c6ccccc6-7)NC5O4)cc3)cc2)=C1. The van der Waals surface area contributed by atoms with Crippen LogP contribution in [0.4, 0.5) is 0 Å². The largest absolute Gasteiger partial charge is 0.356 e.